The van der Waals surface area contributed by atoms with E-state index in [1.54, 1.807) is 4.68 Å². The Labute approximate surface area is 93.8 Å². The van der Waals surface area contributed by atoms with Crippen molar-refractivity contribution in [2.24, 2.45) is 5.73 Å². The molecule has 5 heteroatoms. The van der Waals surface area contributed by atoms with Crippen LogP contribution in [0, 0.1) is 0 Å². The van der Waals surface area contributed by atoms with E-state index in [9.17, 15) is 0 Å². The summed E-state index contributed by atoms with van der Waals surface area (Å²) in [5.74, 6) is 1.01. The largest absolute Gasteiger partial charge is 0.383 e. The Morgan fingerprint density at radius 3 is 2.44 bits per heavy atom. The van der Waals surface area contributed by atoms with Crippen molar-refractivity contribution in [3.8, 4) is 5.69 Å². The number of nitrogens with two attached hydrogens (primary N) is 3. The number of anilines is 2. The van der Waals surface area contributed by atoms with Gasteiger partial charge in [-0.15, -0.1) is 5.10 Å². The van der Waals surface area contributed by atoms with Crippen molar-refractivity contribution in [1.29, 1.82) is 0 Å². The highest BCUT2D eigenvalue weighted by Gasteiger charge is 2.13. The minimum atomic E-state index is 0.451. The van der Waals surface area contributed by atoms with Crippen molar-refractivity contribution < 1.29 is 0 Å². The van der Waals surface area contributed by atoms with E-state index in [0.29, 0.717) is 24.6 Å². The number of rotatable bonds is 3. The van der Waals surface area contributed by atoms with E-state index in [1.807, 2.05) is 30.3 Å². The van der Waals surface area contributed by atoms with Crippen molar-refractivity contribution in [3.63, 3.8) is 0 Å². The van der Waals surface area contributed by atoms with Crippen LogP contribution in [0.5, 0.6) is 0 Å². The predicted molar refractivity (Wildman–Crippen MR) is 65.1 cm³/mol. The molecule has 1 aromatic carbocycles. The van der Waals surface area contributed by atoms with E-state index in [-0.39, 0.29) is 0 Å². The fourth-order valence-electron chi connectivity index (χ4n) is 1.65. The van der Waals surface area contributed by atoms with E-state index in [4.69, 9.17) is 17.2 Å². The lowest BCUT2D eigenvalue weighted by atomic mass is 10.2. The summed E-state index contributed by atoms with van der Waals surface area (Å²) in [4.78, 5) is 0. The highest BCUT2D eigenvalue weighted by atomic mass is 15.3. The van der Waals surface area contributed by atoms with Gasteiger partial charge in [0.2, 0.25) is 0 Å². The van der Waals surface area contributed by atoms with Gasteiger partial charge in [-0.1, -0.05) is 18.2 Å². The normalized spacial score (nSPS) is 10.6. The summed E-state index contributed by atoms with van der Waals surface area (Å²) >= 11 is 0. The van der Waals surface area contributed by atoms with Gasteiger partial charge in [0, 0.05) is 5.56 Å². The molecule has 5 nitrogen and oxygen atoms in total. The molecular formula is C11H15N5. The van der Waals surface area contributed by atoms with Gasteiger partial charge in [0.1, 0.15) is 5.82 Å². The third kappa shape index (κ3) is 1.72. The lowest BCUT2D eigenvalue weighted by molar-refractivity contribution is 0.895. The summed E-state index contributed by atoms with van der Waals surface area (Å²) in [6.07, 6.45) is 0.643. The van der Waals surface area contributed by atoms with Gasteiger partial charge in [-0.05, 0) is 25.1 Å². The van der Waals surface area contributed by atoms with Crippen LogP contribution in [0.15, 0.2) is 30.3 Å². The molecule has 0 aliphatic rings. The lowest BCUT2D eigenvalue weighted by Crippen LogP contribution is -2.07. The molecule has 0 aliphatic heterocycles. The zero-order valence-corrected chi connectivity index (χ0v) is 8.93. The summed E-state index contributed by atoms with van der Waals surface area (Å²) in [6, 6.07) is 9.64. The smallest absolute Gasteiger partial charge is 0.151 e. The number of benzene rings is 1. The number of hydrogen-bond acceptors (Lipinski definition) is 4. The Bertz CT molecular complexity index is 475. The molecule has 0 bridgehead atoms. The first-order chi connectivity index (χ1) is 7.74. The van der Waals surface area contributed by atoms with Crippen LogP contribution in [-0.2, 0) is 6.42 Å². The number of nitrogen functional groups attached to an aromatic ring is 2. The summed E-state index contributed by atoms with van der Waals surface area (Å²) in [6.45, 7) is 0.509. The first kappa shape index (κ1) is 10.5. The maximum Gasteiger partial charge on any atom is 0.151 e. The van der Waals surface area contributed by atoms with Crippen LogP contribution >= 0.6 is 0 Å². The number of para-hydroxylation sites is 1. The van der Waals surface area contributed by atoms with Crippen molar-refractivity contribution in [2.45, 2.75) is 6.42 Å². The molecule has 0 spiro atoms. The zero-order valence-electron chi connectivity index (χ0n) is 8.93. The molecular weight excluding hydrogens is 202 g/mol. The molecule has 16 heavy (non-hydrogen) atoms. The summed E-state index contributed by atoms with van der Waals surface area (Å²) in [7, 11) is 0. The van der Waals surface area contributed by atoms with Gasteiger partial charge in [-0.25, -0.2) is 4.68 Å². The molecule has 0 unspecified atom stereocenters. The minimum absolute atomic E-state index is 0.451. The quantitative estimate of drug-likeness (QED) is 0.699. The van der Waals surface area contributed by atoms with Gasteiger partial charge in [0.05, 0.1) is 5.69 Å². The second-order valence-corrected chi connectivity index (χ2v) is 3.54. The van der Waals surface area contributed by atoms with Gasteiger partial charge in [0.25, 0.3) is 0 Å². The zero-order chi connectivity index (χ0) is 11.5. The van der Waals surface area contributed by atoms with Crippen LogP contribution in [0.2, 0.25) is 0 Å². The maximum atomic E-state index is 5.99. The van der Waals surface area contributed by atoms with E-state index >= 15 is 0 Å². The summed E-state index contributed by atoms with van der Waals surface area (Å²) in [5.41, 5.74) is 19.0. The van der Waals surface area contributed by atoms with Gasteiger partial charge in [-0.3, -0.25) is 0 Å². The van der Waals surface area contributed by atoms with E-state index in [2.05, 4.69) is 5.10 Å². The topological polar surface area (TPSA) is 95.9 Å². The first-order valence-corrected chi connectivity index (χ1v) is 5.12. The van der Waals surface area contributed by atoms with Crippen molar-refractivity contribution in [3.05, 3.63) is 35.9 Å². The Balaban J connectivity index is 2.47. The maximum absolute atomic E-state index is 5.99. The van der Waals surface area contributed by atoms with Gasteiger partial charge < -0.3 is 17.2 Å². The van der Waals surface area contributed by atoms with Gasteiger partial charge >= 0.3 is 0 Å². The predicted octanol–water partition coefficient (Wildman–Crippen LogP) is 0.538. The van der Waals surface area contributed by atoms with Crippen LogP contribution in [0.4, 0.5) is 11.6 Å². The molecule has 0 amide bonds. The van der Waals surface area contributed by atoms with Crippen molar-refractivity contribution in [2.75, 3.05) is 18.0 Å². The summed E-state index contributed by atoms with van der Waals surface area (Å²) in [5, 5.41) is 4.21. The molecule has 0 aliphatic carbocycles. The number of aromatic nitrogens is 2. The second kappa shape index (κ2) is 4.24. The Hall–Kier alpha value is -2.01. The SMILES string of the molecule is NCCc1c(N)nn(-c2ccccc2)c1N. The molecule has 0 fully saturated rings. The molecule has 0 saturated carbocycles. The van der Waals surface area contributed by atoms with Crippen molar-refractivity contribution >= 4 is 11.6 Å². The van der Waals surface area contributed by atoms with Crippen LogP contribution in [-0.4, -0.2) is 16.3 Å². The van der Waals surface area contributed by atoms with E-state index in [1.165, 1.54) is 0 Å². The van der Waals surface area contributed by atoms with Crippen LogP contribution in [0.25, 0.3) is 5.69 Å². The van der Waals surface area contributed by atoms with Crippen LogP contribution in [0.1, 0.15) is 5.56 Å². The molecule has 84 valence electrons. The van der Waals surface area contributed by atoms with Crippen LogP contribution in [0.3, 0.4) is 0 Å². The highest BCUT2D eigenvalue weighted by Crippen LogP contribution is 2.22. The molecule has 2 aromatic rings. The molecule has 6 N–H and O–H groups in total. The average Bonchev–Trinajstić information content (AvgIpc) is 2.59. The lowest BCUT2D eigenvalue weighted by Gasteiger charge is -2.03. The summed E-state index contributed by atoms with van der Waals surface area (Å²) < 4.78 is 1.64. The van der Waals surface area contributed by atoms with Crippen LogP contribution < -0.4 is 17.2 Å². The highest BCUT2D eigenvalue weighted by molar-refractivity contribution is 5.58. The Kier molecular flexibility index (Phi) is 2.78. The Morgan fingerprint density at radius 2 is 1.81 bits per heavy atom. The van der Waals surface area contributed by atoms with Gasteiger partial charge in [-0.2, -0.15) is 0 Å². The number of hydrogen-bond donors (Lipinski definition) is 3. The monoisotopic (exact) mass is 217 g/mol. The average molecular weight is 217 g/mol. The standard InChI is InChI=1S/C11H15N5/c12-7-6-9-10(13)15-16(11(9)14)8-4-2-1-3-5-8/h1-5H,6-7,12,14H2,(H2,13,15). The van der Waals surface area contributed by atoms with Crippen molar-refractivity contribution in [1.82, 2.24) is 9.78 Å². The van der Waals surface area contributed by atoms with E-state index in [0.717, 1.165) is 11.3 Å². The third-order valence-electron chi connectivity index (χ3n) is 2.45. The van der Waals surface area contributed by atoms with E-state index < -0.39 is 0 Å². The fraction of sp³-hybridized carbons (Fsp3) is 0.182. The molecule has 0 atom stereocenters. The minimum Gasteiger partial charge on any atom is -0.383 e. The molecule has 2 rings (SSSR count). The fourth-order valence-corrected chi connectivity index (χ4v) is 1.65. The van der Waals surface area contributed by atoms with Gasteiger partial charge in [0.15, 0.2) is 5.82 Å². The Morgan fingerprint density at radius 1 is 1.12 bits per heavy atom. The molecule has 1 aromatic heterocycles. The molecule has 0 radical (unpaired) electrons. The first-order valence-electron chi connectivity index (χ1n) is 5.12. The third-order valence-corrected chi connectivity index (χ3v) is 2.45. The molecule has 1 heterocycles. The number of nitrogens with zero attached hydrogens (tertiary/aromatic N) is 2. The second-order valence-electron chi connectivity index (χ2n) is 3.54. The molecule has 0 saturated heterocycles.